The first-order valence-corrected chi connectivity index (χ1v) is 9.63. The van der Waals surface area contributed by atoms with Crippen molar-refractivity contribution in [3.63, 3.8) is 0 Å². The first-order valence-electron chi connectivity index (χ1n) is 8.48. The number of carbonyl (C=O) groups is 2. The fourth-order valence-corrected chi connectivity index (χ4v) is 4.22. The zero-order valence-corrected chi connectivity index (χ0v) is 16.0. The van der Waals surface area contributed by atoms with E-state index in [0.717, 1.165) is 0 Å². The van der Waals surface area contributed by atoms with Crippen molar-refractivity contribution in [3.05, 3.63) is 10.1 Å². The molecule has 0 aromatic carbocycles. The summed E-state index contributed by atoms with van der Waals surface area (Å²) in [5.74, 6) is 0.146. The molecular formula is C15H22N2O9S. The molecule has 3 aliphatic heterocycles. The van der Waals surface area contributed by atoms with Gasteiger partial charge in [-0.25, -0.2) is 9.59 Å². The maximum atomic E-state index is 12.6. The smallest absolute Gasteiger partial charge is 0.411 e. The highest BCUT2D eigenvalue weighted by atomic mass is 32.2. The van der Waals surface area contributed by atoms with Gasteiger partial charge >= 0.3 is 12.1 Å². The lowest BCUT2D eigenvalue weighted by Gasteiger charge is -2.28. The first-order chi connectivity index (χ1) is 12.7. The predicted molar refractivity (Wildman–Crippen MR) is 90.4 cm³/mol. The van der Waals surface area contributed by atoms with Crippen LogP contribution in [0.4, 0.5) is 4.79 Å². The quantitative estimate of drug-likeness (QED) is 0.372. The standard InChI is InChI=1S/C15H22N2O9S/c1-15(2,3)25-14(19)16-7-27-6-8(16)13(18)24-9-4-22-12-10(26-17(20)21)5-23-11(9)12/h8-12H,4-7H2,1-3H3/t8-,9-,10+,11+,12+/m0/s1. The molecule has 1 amide bonds. The summed E-state index contributed by atoms with van der Waals surface area (Å²) < 4.78 is 21.8. The van der Waals surface area contributed by atoms with Crippen molar-refractivity contribution in [2.45, 2.75) is 56.8 Å². The van der Waals surface area contributed by atoms with Gasteiger partial charge in [0.15, 0.2) is 12.2 Å². The van der Waals surface area contributed by atoms with E-state index < -0.39 is 53.2 Å². The fourth-order valence-electron chi connectivity index (χ4n) is 3.10. The molecule has 0 radical (unpaired) electrons. The summed E-state index contributed by atoms with van der Waals surface area (Å²) in [6.45, 7) is 5.27. The topological polar surface area (TPSA) is 127 Å². The van der Waals surface area contributed by atoms with Crippen LogP contribution < -0.4 is 0 Å². The van der Waals surface area contributed by atoms with E-state index in [1.807, 2.05) is 0 Å². The van der Waals surface area contributed by atoms with Crippen LogP contribution in [0.1, 0.15) is 20.8 Å². The molecule has 5 atom stereocenters. The van der Waals surface area contributed by atoms with Crippen molar-refractivity contribution in [3.8, 4) is 0 Å². The van der Waals surface area contributed by atoms with Gasteiger partial charge in [0.05, 0.1) is 19.1 Å². The van der Waals surface area contributed by atoms with Crippen LogP contribution in [0.3, 0.4) is 0 Å². The van der Waals surface area contributed by atoms with Gasteiger partial charge in [0, 0.05) is 5.75 Å². The van der Waals surface area contributed by atoms with E-state index in [0.29, 0.717) is 11.6 Å². The van der Waals surface area contributed by atoms with Crippen LogP contribution in [-0.4, -0.2) is 83.0 Å². The van der Waals surface area contributed by atoms with E-state index in [1.54, 1.807) is 20.8 Å². The molecule has 0 aromatic rings. The minimum atomic E-state index is -0.895. The third kappa shape index (κ3) is 4.55. The summed E-state index contributed by atoms with van der Waals surface area (Å²) in [7, 11) is 0. The Balaban J connectivity index is 1.57. The van der Waals surface area contributed by atoms with Crippen molar-refractivity contribution in [2.75, 3.05) is 24.8 Å². The van der Waals surface area contributed by atoms with Crippen LogP contribution in [0.25, 0.3) is 0 Å². The van der Waals surface area contributed by atoms with E-state index in [-0.39, 0.29) is 13.2 Å². The average Bonchev–Trinajstić information content (AvgIpc) is 3.23. The molecule has 3 saturated heterocycles. The number of thioether (sulfide) groups is 1. The van der Waals surface area contributed by atoms with Crippen LogP contribution in [0.15, 0.2) is 0 Å². The van der Waals surface area contributed by atoms with Crippen LogP contribution >= 0.6 is 11.8 Å². The van der Waals surface area contributed by atoms with E-state index >= 15 is 0 Å². The molecule has 152 valence electrons. The molecule has 0 saturated carbocycles. The molecule has 3 heterocycles. The number of carbonyl (C=O) groups excluding carboxylic acids is 2. The van der Waals surface area contributed by atoms with E-state index in [9.17, 15) is 19.7 Å². The Bertz CT molecular complexity index is 611. The SMILES string of the molecule is CC(C)(C)OC(=O)N1CSC[C@H]1C(=O)O[C@H]1CO[C@H]2[C@@H]1OC[C@H]2O[N+](=O)[O-]. The van der Waals surface area contributed by atoms with E-state index in [1.165, 1.54) is 16.7 Å². The Morgan fingerprint density at radius 1 is 1.19 bits per heavy atom. The molecular weight excluding hydrogens is 384 g/mol. The van der Waals surface area contributed by atoms with Gasteiger partial charge in [-0.15, -0.1) is 21.9 Å². The molecule has 0 unspecified atom stereocenters. The minimum Gasteiger partial charge on any atom is -0.455 e. The van der Waals surface area contributed by atoms with Crippen molar-refractivity contribution in [2.24, 2.45) is 0 Å². The van der Waals surface area contributed by atoms with Gasteiger partial charge in [-0.3, -0.25) is 4.90 Å². The predicted octanol–water partition coefficient (Wildman–Crippen LogP) is 0.583. The van der Waals surface area contributed by atoms with Crippen LogP contribution in [0, 0.1) is 10.1 Å². The number of hydrogen-bond acceptors (Lipinski definition) is 10. The Hall–Kier alpha value is -1.79. The highest BCUT2D eigenvalue weighted by molar-refractivity contribution is 7.99. The van der Waals surface area contributed by atoms with Gasteiger partial charge < -0.3 is 23.8 Å². The number of nitrogens with zero attached hydrogens (tertiary/aromatic N) is 2. The van der Waals surface area contributed by atoms with Crippen molar-refractivity contribution in [1.82, 2.24) is 4.90 Å². The molecule has 3 fully saturated rings. The van der Waals surface area contributed by atoms with Crippen LogP contribution in [0.5, 0.6) is 0 Å². The number of ether oxygens (including phenoxy) is 4. The van der Waals surface area contributed by atoms with Crippen molar-refractivity contribution in [1.29, 1.82) is 0 Å². The number of fused-ring (bicyclic) bond motifs is 1. The van der Waals surface area contributed by atoms with Gasteiger partial charge in [-0.2, -0.15) is 0 Å². The summed E-state index contributed by atoms with van der Waals surface area (Å²) in [4.78, 5) is 41.3. The minimum absolute atomic E-state index is 0.0202. The van der Waals surface area contributed by atoms with E-state index in [4.69, 9.17) is 18.9 Å². The summed E-state index contributed by atoms with van der Waals surface area (Å²) in [5, 5.41) is 9.62. The first kappa shape index (κ1) is 20.0. The molecule has 12 heteroatoms. The van der Waals surface area contributed by atoms with Gasteiger partial charge in [-0.05, 0) is 20.8 Å². The number of rotatable bonds is 4. The van der Waals surface area contributed by atoms with Gasteiger partial charge in [0.1, 0.15) is 23.9 Å². The maximum Gasteiger partial charge on any atom is 0.411 e. The van der Waals surface area contributed by atoms with E-state index in [2.05, 4.69) is 4.84 Å². The lowest BCUT2D eigenvalue weighted by Crippen LogP contribution is -2.47. The fraction of sp³-hybridized carbons (Fsp3) is 0.867. The number of esters is 1. The molecule has 3 aliphatic rings. The van der Waals surface area contributed by atoms with Crippen molar-refractivity contribution >= 4 is 23.8 Å². The summed E-state index contributed by atoms with van der Waals surface area (Å²) in [5.41, 5.74) is -0.672. The summed E-state index contributed by atoms with van der Waals surface area (Å²) >= 11 is 1.42. The Kier molecular flexibility index (Phi) is 5.68. The molecule has 0 aromatic heterocycles. The summed E-state index contributed by atoms with van der Waals surface area (Å²) in [6.07, 6.45) is -3.45. The highest BCUT2D eigenvalue weighted by Crippen LogP contribution is 2.32. The van der Waals surface area contributed by atoms with Crippen LogP contribution in [-0.2, 0) is 28.6 Å². The second kappa shape index (κ2) is 7.68. The van der Waals surface area contributed by atoms with Crippen LogP contribution in [0.2, 0.25) is 0 Å². The highest BCUT2D eigenvalue weighted by Gasteiger charge is 2.52. The average molecular weight is 406 g/mol. The maximum absolute atomic E-state index is 12.6. The third-order valence-electron chi connectivity index (χ3n) is 4.23. The normalized spacial score (nSPS) is 32.9. The Morgan fingerprint density at radius 2 is 1.81 bits per heavy atom. The van der Waals surface area contributed by atoms with Gasteiger partial charge in [0.25, 0.3) is 5.09 Å². The monoisotopic (exact) mass is 406 g/mol. The second-order valence-electron chi connectivity index (χ2n) is 7.40. The molecule has 27 heavy (non-hydrogen) atoms. The lowest BCUT2D eigenvalue weighted by atomic mass is 10.1. The second-order valence-corrected chi connectivity index (χ2v) is 8.40. The van der Waals surface area contributed by atoms with Gasteiger partial charge in [-0.1, -0.05) is 0 Å². The van der Waals surface area contributed by atoms with Crippen molar-refractivity contribution < 1.29 is 38.5 Å². The van der Waals surface area contributed by atoms with Gasteiger partial charge in [0.2, 0.25) is 0 Å². The zero-order chi connectivity index (χ0) is 19.8. The summed E-state index contributed by atoms with van der Waals surface area (Å²) in [6, 6.07) is -0.767. The lowest BCUT2D eigenvalue weighted by molar-refractivity contribution is -0.769. The number of amides is 1. The molecule has 3 rings (SSSR count). The Labute approximate surface area is 159 Å². The molecule has 0 spiro atoms. The molecule has 0 aliphatic carbocycles. The number of hydrogen-bond donors (Lipinski definition) is 0. The third-order valence-corrected chi connectivity index (χ3v) is 5.25. The molecule has 0 N–H and O–H groups in total. The molecule has 11 nitrogen and oxygen atoms in total. The zero-order valence-electron chi connectivity index (χ0n) is 15.2. The molecule has 0 bridgehead atoms. The largest absolute Gasteiger partial charge is 0.455 e. The Morgan fingerprint density at radius 3 is 2.44 bits per heavy atom.